The summed E-state index contributed by atoms with van der Waals surface area (Å²) in [5, 5.41) is 5.88. The Morgan fingerprint density at radius 2 is 1.78 bits per heavy atom. The Morgan fingerprint density at radius 1 is 1.14 bits per heavy atom. The molecule has 7 nitrogen and oxygen atoms in total. The molecule has 1 aliphatic rings. The molecule has 2 unspecified atom stereocenters. The maximum absolute atomic E-state index is 14.2. The summed E-state index contributed by atoms with van der Waals surface area (Å²) in [6.07, 6.45) is 4.13. The molecule has 1 saturated carbocycles. The molecule has 1 fully saturated rings. The van der Waals surface area contributed by atoms with Gasteiger partial charge < -0.3 is 20.3 Å². The highest BCUT2D eigenvalue weighted by atomic mass is 16.6. The predicted octanol–water partition coefficient (Wildman–Crippen LogP) is 5.61. The molecule has 3 amide bonds. The van der Waals surface area contributed by atoms with Gasteiger partial charge in [0.2, 0.25) is 11.8 Å². The lowest BCUT2D eigenvalue weighted by molar-refractivity contribution is -0.148. The highest BCUT2D eigenvalue weighted by Gasteiger charge is 2.42. The first-order valence-corrected chi connectivity index (χ1v) is 13.0. The fourth-order valence-electron chi connectivity index (χ4n) is 4.24. The third kappa shape index (κ3) is 8.68. The van der Waals surface area contributed by atoms with Gasteiger partial charge in [-0.05, 0) is 90.3 Å². The van der Waals surface area contributed by atoms with Crippen LogP contribution in [0.5, 0.6) is 0 Å². The SMILES string of the molecule is C=Cc1cccc(C(C(=O)NC(C)(C)C)N(C(=O)C(CC(C)C)NC(=O)OC(C)(C)C)C2CCC2)c1. The summed E-state index contributed by atoms with van der Waals surface area (Å²) in [4.78, 5) is 42.4. The molecule has 2 rings (SSSR count). The summed E-state index contributed by atoms with van der Waals surface area (Å²) >= 11 is 0. The Balaban J connectivity index is 2.54. The third-order valence-corrected chi connectivity index (χ3v) is 5.91. The number of alkyl carbamates (subject to hydrolysis) is 1. The summed E-state index contributed by atoms with van der Waals surface area (Å²) in [6, 6.07) is 5.82. The van der Waals surface area contributed by atoms with Gasteiger partial charge in [0.25, 0.3) is 0 Å². The number of nitrogens with zero attached hydrogens (tertiary/aromatic N) is 1. The molecule has 0 bridgehead atoms. The predicted molar refractivity (Wildman–Crippen MR) is 144 cm³/mol. The molecular formula is C29H45N3O4. The van der Waals surface area contributed by atoms with E-state index < -0.39 is 29.3 Å². The summed E-state index contributed by atoms with van der Waals surface area (Å²) in [5.74, 6) is -0.370. The molecule has 0 aliphatic heterocycles. The van der Waals surface area contributed by atoms with Crippen molar-refractivity contribution < 1.29 is 19.1 Å². The van der Waals surface area contributed by atoms with E-state index in [0.29, 0.717) is 6.42 Å². The first-order chi connectivity index (χ1) is 16.6. The normalized spacial score (nSPS) is 15.9. The average Bonchev–Trinajstić information content (AvgIpc) is 2.68. The van der Waals surface area contributed by atoms with Crippen LogP contribution in [0.1, 0.15) is 98.2 Å². The second kappa shape index (κ2) is 11.9. The number of rotatable bonds is 9. The summed E-state index contributed by atoms with van der Waals surface area (Å²) in [5.41, 5.74) is 0.414. The lowest BCUT2D eigenvalue weighted by Crippen LogP contribution is -2.58. The van der Waals surface area contributed by atoms with E-state index in [1.54, 1.807) is 31.7 Å². The van der Waals surface area contributed by atoms with Gasteiger partial charge in [-0.1, -0.05) is 44.7 Å². The van der Waals surface area contributed by atoms with Crippen molar-refractivity contribution in [2.24, 2.45) is 5.92 Å². The standard InChI is InChI=1S/C29H45N3O4/c1-10-20-13-11-14-21(18-20)24(25(33)31-28(4,5)6)32(22-15-12-16-22)26(34)23(17-19(2)3)30-27(35)36-29(7,8)9/h10-11,13-14,18-19,22-24H,1,12,15-17H2,2-9H3,(H,30,35)(H,31,33). The maximum Gasteiger partial charge on any atom is 0.408 e. The Bertz CT molecular complexity index is 939. The van der Waals surface area contributed by atoms with Crippen molar-refractivity contribution in [1.82, 2.24) is 15.5 Å². The fourth-order valence-corrected chi connectivity index (χ4v) is 4.24. The molecule has 0 saturated heterocycles. The van der Waals surface area contributed by atoms with Gasteiger partial charge >= 0.3 is 6.09 Å². The van der Waals surface area contributed by atoms with Crippen LogP contribution in [0.15, 0.2) is 30.8 Å². The van der Waals surface area contributed by atoms with E-state index in [4.69, 9.17) is 4.74 Å². The van der Waals surface area contributed by atoms with Crippen LogP contribution >= 0.6 is 0 Å². The zero-order valence-corrected chi connectivity index (χ0v) is 23.3. The second-order valence-electron chi connectivity index (χ2n) is 12.2. The van der Waals surface area contributed by atoms with Gasteiger partial charge in [0, 0.05) is 11.6 Å². The largest absolute Gasteiger partial charge is 0.444 e. The minimum Gasteiger partial charge on any atom is -0.444 e. The van der Waals surface area contributed by atoms with Gasteiger partial charge in [0.1, 0.15) is 17.7 Å². The van der Waals surface area contributed by atoms with E-state index in [1.807, 2.05) is 58.9 Å². The zero-order chi connectivity index (χ0) is 27.3. The van der Waals surface area contributed by atoms with Crippen LogP contribution in [0.25, 0.3) is 6.08 Å². The number of nitrogens with one attached hydrogen (secondary N) is 2. The number of carbonyl (C=O) groups excluding carboxylic acids is 3. The molecule has 36 heavy (non-hydrogen) atoms. The van der Waals surface area contributed by atoms with Crippen LogP contribution in [-0.4, -0.2) is 46.0 Å². The van der Waals surface area contributed by atoms with Crippen LogP contribution in [0.2, 0.25) is 0 Å². The number of hydrogen-bond acceptors (Lipinski definition) is 4. The van der Waals surface area contributed by atoms with Crippen molar-refractivity contribution in [2.45, 2.75) is 110 Å². The molecule has 2 atom stereocenters. The lowest BCUT2D eigenvalue weighted by atomic mass is 9.87. The average molecular weight is 500 g/mol. The maximum atomic E-state index is 14.2. The molecule has 1 aromatic carbocycles. The van der Waals surface area contributed by atoms with Crippen LogP contribution < -0.4 is 10.6 Å². The van der Waals surface area contributed by atoms with Gasteiger partial charge in [-0.2, -0.15) is 0 Å². The van der Waals surface area contributed by atoms with Crippen molar-refractivity contribution in [3.05, 3.63) is 42.0 Å². The van der Waals surface area contributed by atoms with Crippen molar-refractivity contribution >= 4 is 24.0 Å². The highest BCUT2D eigenvalue weighted by Crippen LogP contribution is 2.35. The number of ether oxygens (including phenoxy) is 1. The fraction of sp³-hybridized carbons (Fsp3) is 0.621. The van der Waals surface area contributed by atoms with Crippen LogP contribution in [0.4, 0.5) is 4.79 Å². The Kier molecular flexibility index (Phi) is 9.75. The van der Waals surface area contributed by atoms with Gasteiger partial charge in [-0.3, -0.25) is 9.59 Å². The summed E-state index contributed by atoms with van der Waals surface area (Å²) in [6.45, 7) is 19.0. The molecule has 1 aliphatic carbocycles. The molecular weight excluding hydrogens is 454 g/mol. The minimum absolute atomic E-state index is 0.0873. The van der Waals surface area contributed by atoms with E-state index >= 15 is 0 Å². The molecule has 0 aromatic heterocycles. The quantitative estimate of drug-likeness (QED) is 0.463. The van der Waals surface area contributed by atoms with E-state index in [1.165, 1.54) is 0 Å². The highest BCUT2D eigenvalue weighted by molar-refractivity contribution is 5.92. The van der Waals surface area contributed by atoms with Crippen molar-refractivity contribution in [1.29, 1.82) is 0 Å². The zero-order valence-electron chi connectivity index (χ0n) is 23.3. The molecule has 0 spiro atoms. The topological polar surface area (TPSA) is 87.7 Å². The lowest BCUT2D eigenvalue weighted by Gasteiger charge is -2.44. The second-order valence-corrected chi connectivity index (χ2v) is 12.2. The van der Waals surface area contributed by atoms with E-state index in [-0.39, 0.29) is 23.8 Å². The van der Waals surface area contributed by atoms with Crippen molar-refractivity contribution in [3.8, 4) is 0 Å². The number of carbonyl (C=O) groups is 3. The Morgan fingerprint density at radius 3 is 2.25 bits per heavy atom. The summed E-state index contributed by atoms with van der Waals surface area (Å²) in [7, 11) is 0. The van der Waals surface area contributed by atoms with Gasteiger partial charge in [-0.15, -0.1) is 0 Å². The minimum atomic E-state index is -0.836. The molecule has 0 radical (unpaired) electrons. The molecule has 0 heterocycles. The smallest absolute Gasteiger partial charge is 0.408 e. The van der Waals surface area contributed by atoms with Gasteiger partial charge in [0.05, 0.1) is 0 Å². The van der Waals surface area contributed by atoms with E-state index in [2.05, 4.69) is 17.2 Å². The monoisotopic (exact) mass is 499 g/mol. The van der Waals surface area contributed by atoms with Crippen LogP contribution in [-0.2, 0) is 14.3 Å². The van der Waals surface area contributed by atoms with Crippen molar-refractivity contribution in [2.75, 3.05) is 0 Å². The van der Waals surface area contributed by atoms with Crippen LogP contribution in [0.3, 0.4) is 0 Å². The number of hydrogen-bond donors (Lipinski definition) is 2. The van der Waals surface area contributed by atoms with Crippen molar-refractivity contribution in [3.63, 3.8) is 0 Å². The molecule has 7 heteroatoms. The Hall–Kier alpha value is -2.83. The van der Waals surface area contributed by atoms with Gasteiger partial charge in [0.15, 0.2) is 0 Å². The molecule has 1 aromatic rings. The van der Waals surface area contributed by atoms with Crippen LogP contribution in [0, 0.1) is 5.92 Å². The summed E-state index contributed by atoms with van der Waals surface area (Å²) < 4.78 is 5.46. The molecule has 2 N–H and O–H groups in total. The molecule has 200 valence electrons. The number of amides is 3. The Labute approximate surface area is 217 Å². The number of benzene rings is 1. The van der Waals surface area contributed by atoms with E-state index in [0.717, 1.165) is 30.4 Å². The third-order valence-electron chi connectivity index (χ3n) is 5.91. The first-order valence-electron chi connectivity index (χ1n) is 13.0. The van der Waals surface area contributed by atoms with Gasteiger partial charge in [-0.25, -0.2) is 4.79 Å². The van der Waals surface area contributed by atoms with E-state index in [9.17, 15) is 14.4 Å². The first kappa shape index (κ1) is 29.4.